The van der Waals surface area contributed by atoms with Crippen LogP contribution in [-0.2, 0) is 4.74 Å². The zero-order valence-electron chi connectivity index (χ0n) is 15.0. The van der Waals surface area contributed by atoms with Crippen LogP contribution in [-0.4, -0.2) is 37.8 Å². The molecule has 1 heterocycles. The van der Waals surface area contributed by atoms with Crippen LogP contribution in [0.2, 0.25) is 0 Å². The van der Waals surface area contributed by atoms with E-state index in [2.05, 4.69) is 13.8 Å². The van der Waals surface area contributed by atoms with Crippen molar-refractivity contribution in [2.45, 2.75) is 51.7 Å². The van der Waals surface area contributed by atoms with Crippen LogP contribution in [0.25, 0.3) is 0 Å². The molecule has 3 rings (SSSR count). The molecule has 1 aromatic rings. The van der Waals surface area contributed by atoms with Gasteiger partial charge in [-0.25, -0.2) is 4.79 Å². The van der Waals surface area contributed by atoms with Crippen molar-refractivity contribution in [3.63, 3.8) is 0 Å². The van der Waals surface area contributed by atoms with E-state index in [1.165, 1.54) is 12.8 Å². The summed E-state index contributed by atoms with van der Waals surface area (Å²) in [6.45, 7) is 4.88. The van der Waals surface area contributed by atoms with Gasteiger partial charge in [0, 0.05) is 19.0 Å². The minimum absolute atomic E-state index is 0.179. The van der Waals surface area contributed by atoms with Gasteiger partial charge in [0.1, 0.15) is 6.10 Å². The maximum absolute atomic E-state index is 12.0. The molecule has 132 valence electrons. The highest BCUT2D eigenvalue weighted by Crippen LogP contribution is 2.43. The average molecular weight is 333 g/mol. The Balaban J connectivity index is 1.88. The fraction of sp³-hybridized carbons (Fsp3) is 0.632. The van der Waals surface area contributed by atoms with E-state index in [0.29, 0.717) is 6.54 Å². The largest absolute Gasteiger partial charge is 0.493 e. The van der Waals surface area contributed by atoms with Gasteiger partial charge in [-0.2, -0.15) is 0 Å². The predicted molar refractivity (Wildman–Crippen MR) is 91.5 cm³/mol. The summed E-state index contributed by atoms with van der Waals surface area (Å²) in [4.78, 5) is 13.6. The molecule has 1 aliphatic heterocycles. The molecule has 1 aromatic carbocycles. The third-order valence-corrected chi connectivity index (χ3v) is 4.97. The summed E-state index contributed by atoms with van der Waals surface area (Å²) in [5.41, 5.74) is 0.775. The monoisotopic (exact) mass is 333 g/mol. The van der Waals surface area contributed by atoms with Gasteiger partial charge < -0.3 is 19.1 Å². The van der Waals surface area contributed by atoms with Crippen molar-refractivity contribution >= 4 is 6.09 Å². The molecule has 1 saturated heterocycles. The van der Waals surface area contributed by atoms with Crippen molar-refractivity contribution in [3.05, 3.63) is 23.8 Å². The number of cyclic esters (lactones) is 1. The van der Waals surface area contributed by atoms with Crippen molar-refractivity contribution in [1.82, 2.24) is 4.90 Å². The van der Waals surface area contributed by atoms with Crippen molar-refractivity contribution in [1.29, 1.82) is 0 Å². The molecule has 0 N–H and O–H groups in total. The molecule has 1 atom stereocenters. The Bertz CT molecular complexity index is 607. The van der Waals surface area contributed by atoms with Crippen LogP contribution in [0.3, 0.4) is 0 Å². The summed E-state index contributed by atoms with van der Waals surface area (Å²) in [5, 5.41) is 0. The maximum Gasteiger partial charge on any atom is 0.410 e. The van der Waals surface area contributed by atoms with Gasteiger partial charge in [-0.05, 0) is 43.4 Å². The lowest BCUT2D eigenvalue weighted by Gasteiger charge is -2.42. The van der Waals surface area contributed by atoms with Crippen LogP contribution >= 0.6 is 0 Å². The number of benzene rings is 1. The third-order valence-electron chi connectivity index (χ3n) is 4.97. The molecule has 0 bridgehead atoms. The van der Waals surface area contributed by atoms with Crippen LogP contribution in [0.15, 0.2) is 18.2 Å². The summed E-state index contributed by atoms with van der Waals surface area (Å²) in [6.07, 6.45) is 4.27. The van der Waals surface area contributed by atoms with E-state index in [-0.39, 0.29) is 23.7 Å². The lowest BCUT2D eigenvalue weighted by atomic mass is 9.81. The minimum Gasteiger partial charge on any atom is -0.493 e. The fourth-order valence-corrected chi connectivity index (χ4v) is 3.76. The fourth-order valence-electron chi connectivity index (χ4n) is 3.76. The molecule has 5 heteroatoms. The molecule has 0 spiro atoms. The quantitative estimate of drug-likeness (QED) is 0.830. The summed E-state index contributed by atoms with van der Waals surface area (Å²) in [5.74, 6) is 1.47. The van der Waals surface area contributed by atoms with E-state index < -0.39 is 0 Å². The highest BCUT2D eigenvalue weighted by atomic mass is 16.6. The first-order valence-corrected chi connectivity index (χ1v) is 8.67. The van der Waals surface area contributed by atoms with Crippen LogP contribution in [0.5, 0.6) is 11.5 Å². The molecule has 0 radical (unpaired) electrons. The lowest BCUT2D eigenvalue weighted by molar-refractivity contribution is -0.0456. The maximum atomic E-state index is 12.0. The van der Waals surface area contributed by atoms with Gasteiger partial charge in [0.25, 0.3) is 0 Å². The summed E-state index contributed by atoms with van der Waals surface area (Å²) in [7, 11) is 3.42. The van der Waals surface area contributed by atoms with Gasteiger partial charge in [-0.15, -0.1) is 0 Å². The number of methoxy groups -OCH3 is 1. The minimum atomic E-state index is -0.293. The van der Waals surface area contributed by atoms with E-state index >= 15 is 0 Å². The van der Waals surface area contributed by atoms with Crippen molar-refractivity contribution < 1.29 is 19.0 Å². The highest BCUT2D eigenvalue weighted by Gasteiger charge is 2.41. The van der Waals surface area contributed by atoms with Gasteiger partial charge in [0.15, 0.2) is 11.5 Å². The third kappa shape index (κ3) is 3.30. The molecule has 2 aliphatic rings. The second-order valence-electron chi connectivity index (χ2n) is 7.54. The molecular weight excluding hydrogens is 306 g/mol. The molecule has 24 heavy (non-hydrogen) atoms. The van der Waals surface area contributed by atoms with Crippen LogP contribution < -0.4 is 9.47 Å². The van der Waals surface area contributed by atoms with Crippen LogP contribution in [0, 0.1) is 5.41 Å². The summed E-state index contributed by atoms with van der Waals surface area (Å²) >= 11 is 0. The Hall–Kier alpha value is -1.91. The van der Waals surface area contributed by atoms with Gasteiger partial charge in [0.05, 0.1) is 13.2 Å². The first-order valence-electron chi connectivity index (χ1n) is 8.67. The average Bonchev–Trinajstić information content (AvgIpc) is 3.03. The Labute approximate surface area is 143 Å². The van der Waals surface area contributed by atoms with Gasteiger partial charge in [0.2, 0.25) is 0 Å². The number of amides is 1. The summed E-state index contributed by atoms with van der Waals surface area (Å²) < 4.78 is 17.3. The highest BCUT2D eigenvalue weighted by molar-refractivity contribution is 5.69. The number of rotatable bonds is 4. The molecule has 1 amide bonds. The van der Waals surface area contributed by atoms with Crippen LogP contribution in [0.1, 0.15) is 51.2 Å². The zero-order chi connectivity index (χ0) is 17.3. The number of nitrogens with zero attached hydrogens (tertiary/aromatic N) is 1. The SMILES string of the molecule is COc1ccc(C2OC(=O)N(C)CC2(C)C)cc1OC1CCCC1. The molecule has 2 fully saturated rings. The molecule has 0 aromatic heterocycles. The lowest BCUT2D eigenvalue weighted by Crippen LogP contribution is -2.47. The Kier molecular flexibility index (Phi) is 4.61. The summed E-state index contributed by atoms with van der Waals surface area (Å²) in [6, 6.07) is 5.84. The normalized spacial score (nSPS) is 23.9. The van der Waals surface area contributed by atoms with Crippen molar-refractivity contribution in [2.24, 2.45) is 5.41 Å². The van der Waals surface area contributed by atoms with Gasteiger partial charge in [-0.1, -0.05) is 19.9 Å². The van der Waals surface area contributed by atoms with E-state index in [1.807, 2.05) is 18.2 Å². The molecule has 5 nitrogen and oxygen atoms in total. The second-order valence-corrected chi connectivity index (χ2v) is 7.54. The predicted octanol–water partition coefficient (Wildman–Crippen LogP) is 4.17. The Morgan fingerprint density at radius 2 is 1.92 bits per heavy atom. The van der Waals surface area contributed by atoms with E-state index in [0.717, 1.165) is 29.9 Å². The molecule has 1 saturated carbocycles. The van der Waals surface area contributed by atoms with Gasteiger partial charge >= 0.3 is 6.09 Å². The molecule has 1 aliphatic carbocycles. The van der Waals surface area contributed by atoms with E-state index in [4.69, 9.17) is 14.2 Å². The molecular formula is C19H27NO4. The van der Waals surface area contributed by atoms with E-state index in [9.17, 15) is 4.79 Å². The number of carbonyl (C=O) groups is 1. The number of ether oxygens (including phenoxy) is 3. The Morgan fingerprint density at radius 3 is 2.58 bits per heavy atom. The van der Waals surface area contributed by atoms with Crippen molar-refractivity contribution in [3.8, 4) is 11.5 Å². The first kappa shape index (κ1) is 16.9. The Morgan fingerprint density at radius 1 is 1.21 bits per heavy atom. The molecule has 1 unspecified atom stereocenters. The zero-order valence-corrected chi connectivity index (χ0v) is 15.0. The topological polar surface area (TPSA) is 48.0 Å². The van der Waals surface area contributed by atoms with Gasteiger partial charge in [-0.3, -0.25) is 0 Å². The first-order chi connectivity index (χ1) is 11.4. The number of hydrogen-bond acceptors (Lipinski definition) is 4. The van der Waals surface area contributed by atoms with Crippen molar-refractivity contribution in [2.75, 3.05) is 20.7 Å². The second kappa shape index (κ2) is 6.54. The number of hydrogen-bond donors (Lipinski definition) is 0. The standard InChI is InChI=1S/C19H27NO4/c1-19(2)12-20(3)18(21)24-17(19)13-9-10-15(22-4)16(11-13)23-14-7-5-6-8-14/h9-11,14,17H,5-8,12H2,1-4H3. The smallest absolute Gasteiger partial charge is 0.410 e. The van der Waals surface area contributed by atoms with E-state index in [1.54, 1.807) is 19.1 Å². The van der Waals surface area contributed by atoms with Crippen LogP contribution in [0.4, 0.5) is 4.79 Å². The number of carbonyl (C=O) groups excluding carboxylic acids is 1.